The van der Waals surface area contributed by atoms with Gasteiger partial charge in [-0.05, 0) is 61.4 Å². The summed E-state index contributed by atoms with van der Waals surface area (Å²) in [5.74, 6) is 1.19. The average Bonchev–Trinajstić information content (AvgIpc) is 2.96. The Morgan fingerprint density at radius 3 is 2.62 bits per heavy atom. The summed E-state index contributed by atoms with van der Waals surface area (Å²) >= 11 is 10.2. The number of amides is 1. The molecule has 0 aliphatic carbocycles. The normalized spacial score (nSPS) is 15.1. The maximum absolute atomic E-state index is 13.0. The van der Waals surface area contributed by atoms with Crippen molar-refractivity contribution in [3.63, 3.8) is 0 Å². The highest BCUT2D eigenvalue weighted by molar-refractivity contribution is 9.10. The number of carbonyl (C=O) groups is 1. The second kappa shape index (κ2) is 9.61. The van der Waals surface area contributed by atoms with Gasteiger partial charge in [-0.25, -0.2) is 0 Å². The van der Waals surface area contributed by atoms with E-state index < -0.39 is 0 Å². The first-order valence-corrected chi connectivity index (χ1v) is 11.0. The molecule has 150 valence electrons. The van der Waals surface area contributed by atoms with Crippen LogP contribution in [0.15, 0.2) is 58.4 Å². The van der Waals surface area contributed by atoms with Crippen molar-refractivity contribution in [1.82, 2.24) is 0 Å². The molecule has 1 heterocycles. The molecule has 2 aromatic carbocycles. The van der Waals surface area contributed by atoms with E-state index in [0.717, 1.165) is 21.3 Å². The smallest absolute Gasteiger partial charge is 0.270 e. The molecule has 0 bridgehead atoms. The van der Waals surface area contributed by atoms with E-state index >= 15 is 0 Å². The molecule has 1 aliphatic rings. The van der Waals surface area contributed by atoms with E-state index in [4.69, 9.17) is 21.7 Å². The molecule has 7 heteroatoms. The predicted molar refractivity (Wildman–Crippen MR) is 128 cm³/mol. The van der Waals surface area contributed by atoms with Crippen molar-refractivity contribution >= 4 is 61.9 Å². The average molecular weight is 490 g/mol. The fourth-order valence-corrected chi connectivity index (χ4v) is 4.56. The third kappa shape index (κ3) is 4.74. The van der Waals surface area contributed by atoms with E-state index in [0.29, 0.717) is 33.8 Å². The van der Waals surface area contributed by atoms with Crippen LogP contribution in [0.3, 0.4) is 0 Å². The van der Waals surface area contributed by atoms with E-state index in [9.17, 15) is 4.79 Å². The highest BCUT2D eigenvalue weighted by Gasteiger charge is 2.33. The summed E-state index contributed by atoms with van der Waals surface area (Å²) in [4.78, 5) is 15.1. The Labute approximate surface area is 188 Å². The van der Waals surface area contributed by atoms with Gasteiger partial charge in [-0.15, -0.1) is 6.58 Å². The number of benzene rings is 2. The zero-order chi connectivity index (χ0) is 21.0. The van der Waals surface area contributed by atoms with Gasteiger partial charge in [0, 0.05) is 10.0 Å². The summed E-state index contributed by atoms with van der Waals surface area (Å²) in [6.45, 7) is 6.25. The Hall–Kier alpha value is -2.09. The first-order valence-electron chi connectivity index (χ1n) is 8.96. The third-order valence-corrected chi connectivity index (χ3v) is 6.03. The van der Waals surface area contributed by atoms with Crippen molar-refractivity contribution in [3.8, 4) is 11.5 Å². The molecule has 1 fully saturated rings. The molecular weight excluding hydrogens is 470 g/mol. The number of nitrogens with zero attached hydrogens (tertiary/aromatic N) is 1. The van der Waals surface area contributed by atoms with Gasteiger partial charge in [0.05, 0.1) is 24.3 Å². The molecule has 0 radical (unpaired) electrons. The molecule has 0 saturated carbocycles. The lowest BCUT2D eigenvalue weighted by molar-refractivity contribution is -0.113. The molecule has 3 rings (SSSR count). The number of carbonyl (C=O) groups excluding carboxylic acids is 1. The third-order valence-electron chi connectivity index (χ3n) is 4.20. The van der Waals surface area contributed by atoms with Crippen LogP contribution in [0.4, 0.5) is 5.69 Å². The van der Waals surface area contributed by atoms with Crippen LogP contribution in [0, 0.1) is 0 Å². The second-order valence-corrected chi connectivity index (χ2v) is 8.72. The lowest BCUT2D eigenvalue weighted by Gasteiger charge is -2.15. The number of hydrogen-bond acceptors (Lipinski definition) is 5. The fraction of sp³-hybridized carbons (Fsp3) is 0.182. The van der Waals surface area contributed by atoms with Gasteiger partial charge in [0.25, 0.3) is 5.91 Å². The number of halogens is 1. The predicted octanol–water partition coefficient (Wildman–Crippen LogP) is 5.99. The van der Waals surface area contributed by atoms with Crippen LogP contribution in [0.1, 0.15) is 18.1 Å². The van der Waals surface area contributed by atoms with Crippen molar-refractivity contribution in [2.75, 3.05) is 18.6 Å². The van der Waals surface area contributed by atoms with Crippen molar-refractivity contribution in [2.45, 2.75) is 13.3 Å². The molecule has 1 saturated heterocycles. The van der Waals surface area contributed by atoms with E-state index in [1.54, 1.807) is 12.0 Å². The van der Waals surface area contributed by atoms with Crippen LogP contribution in [-0.2, 0) is 11.2 Å². The van der Waals surface area contributed by atoms with Crippen molar-refractivity contribution in [1.29, 1.82) is 0 Å². The van der Waals surface area contributed by atoms with Crippen LogP contribution in [0.25, 0.3) is 6.08 Å². The zero-order valence-corrected chi connectivity index (χ0v) is 19.3. The SMILES string of the molecule is C=CCc1cc(/C=C2/SC(=S)N(c3ccc(Br)cc3)C2=O)cc(OCC)c1OC. The van der Waals surface area contributed by atoms with Gasteiger partial charge in [-0.1, -0.05) is 46.0 Å². The highest BCUT2D eigenvalue weighted by atomic mass is 79.9. The quantitative estimate of drug-likeness (QED) is 0.271. The number of thioether (sulfide) groups is 1. The van der Waals surface area contributed by atoms with Gasteiger partial charge in [0.2, 0.25) is 0 Å². The summed E-state index contributed by atoms with van der Waals surface area (Å²) < 4.78 is 12.7. The number of methoxy groups -OCH3 is 1. The molecule has 2 aromatic rings. The Morgan fingerprint density at radius 1 is 1.28 bits per heavy atom. The van der Waals surface area contributed by atoms with Crippen molar-refractivity contribution in [2.24, 2.45) is 0 Å². The first-order chi connectivity index (χ1) is 14.0. The van der Waals surface area contributed by atoms with Gasteiger partial charge in [0.1, 0.15) is 0 Å². The van der Waals surface area contributed by atoms with Crippen LogP contribution in [-0.4, -0.2) is 23.9 Å². The lowest BCUT2D eigenvalue weighted by Crippen LogP contribution is -2.27. The standard InChI is InChI=1S/C22H20BrNO3S2/c1-4-6-15-11-14(12-18(27-5-2)20(15)26-3)13-19-21(25)24(22(28)29-19)17-9-7-16(23)8-10-17/h4,7-13H,1,5-6H2,2-3H3/b19-13+. The van der Waals surface area contributed by atoms with Gasteiger partial charge in [-0.2, -0.15) is 0 Å². The molecule has 1 aliphatic heterocycles. The molecule has 1 amide bonds. The molecular formula is C22H20BrNO3S2. The van der Waals surface area contributed by atoms with Crippen LogP contribution >= 0.6 is 39.9 Å². The Kier molecular flexibility index (Phi) is 7.16. The zero-order valence-electron chi connectivity index (χ0n) is 16.1. The minimum atomic E-state index is -0.138. The van der Waals surface area contributed by atoms with Gasteiger partial charge < -0.3 is 9.47 Å². The molecule has 0 unspecified atom stereocenters. The number of rotatable bonds is 7. The molecule has 0 atom stereocenters. The molecule has 0 aromatic heterocycles. The molecule has 0 spiro atoms. The van der Waals surface area contributed by atoms with Crippen LogP contribution < -0.4 is 14.4 Å². The molecule has 29 heavy (non-hydrogen) atoms. The topological polar surface area (TPSA) is 38.8 Å². The number of ether oxygens (including phenoxy) is 2. The van der Waals surface area contributed by atoms with Gasteiger partial charge >= 0.3 is 0 Å². The summed E-state index contributed by atoms with van der Waals surface area (Å²) in [5.41, 5.74) is 2.54. The first kappa shape index (κ1) is 21.6. The molecule has 0 N–H and O–H groups in total. The van der Waals surface area contributed by atoms with Crippen LogP contribution in [0.2, 0.25) is 0 Å². The summed E-state index contributed by atoms with van der Waals surface area (Å²) in [6.07, 6.45) is 4.28. The maximum Gasteiger partial charge on any atom is 0.270 e. The number of allylic oxidation sites excluding steroid dienone is 1. The van der Waals surface area contributed by atoms with Crippen molar-refractivity contribution in [3.05, 3.63) is 69.6 Å². The van der Waals surface area contributed by atoms with E-state index in [1.165, 1.54) is 11.8 Å². The minimum Gasteiger partial charge on any atom is -0.493 e. The number of hydrogen-bond donors (Lipinski definition) is 0. The summed E-state index contributed by atoms with van der Waals surface area (Å²) in [5, 5.41) is 0. The maximum atomic E-state index is 13.0. The van der Waals surface area contributed by atoms with E-state index in [-0.39, 0.29) is 5.91 Å². The highest BCUT2D eigenvalue weighted by Crippen LogP contribution is 2.39. The second-order valence-electron chi connectivity index (χ2n) is 6.13. The van der Waals surface area contributed by atoms with Crippen molar-refractivity contribution < 1.29 is 14.3 Å². The number of anilines is 1. The Balaban J connectivity index is 1.99. The largest absolute Gasteiger partial charge is 0.493 e. The monoisotopic (exact) mass is 489 g/mol. The van der Waals surface area contributed by atoms with E-state index in [1.807, 2.05) is 55.5 Å². The van der Waals surface area contributed by atoms with E-state index in [2.05, 4.69) is 22.5 Å². The Bertz CT molecular complexity index is 986. The Morgan fingerprint density at radius 2 is 2.00 bits per heavy atom. The minimum absolute atomic E-state index is 0.138. The summed E-state index contributed by atoms with van der Waals surface area (Å²) in [7, 11) is 1.62. The lowest BCUT2D eigenvalue weighted by atomic mass is 10.0. The summed E-state index contributed by atoms with van der Waals surface area (Å²) in [6, 6.07) is 11.4. The fourth-order valence-electron chi connectivity index (χ4n) is 3.00. The number of thiocarbonyl (C=S) groups is 1. The van der Waals surface area contributed by atoms with Crippen LogP contribution in [0.5, 0.6) is 11.5 Å². The van der Waals surface area contributed by atoms with Gasteiger partial charge in [0.15, 0.2) is 15.8 Å². The molecule has 4 nitrogen and oxygen atoms in total. The van der Waals surface area contributed by atoms with Gasteiger partial charge in [-0.3, -0.25) is 9.69 Å².